The second-order valence-corrected chi connectivity index (χ2v) is 5.42. The molecule has 1 aromatic carbocycles. The number of nitrogens with zero attached hydrogens (tertiary/aromatic N) is 2. The van der Waals surface area contributed by atoms with E-state index in [0.29, 0.717) is 6.54 Å². The number of likely N-dealkylation sites (N-methyl/N-ethyl adjacent to an activating group) is 1. The van der Waals surface area contributed by atoms with Crippen molar-refractivity contribution in [1.29, 1.82) is 0 Å². The zero-order valence-corrected chi connectivity index (χ0v) is 16.7. The first-order valence-corrected chi connectivity index (χ1v) is 8.29. The lowest BCUT2D eigenvalue weighted by Crippen LogP contribution is -2.44. The molecule has 0 aromatic heterocycles. The number of hydrogen-bond acceptors (Lipinski definition) is 2. The molecule has 132 valence electrons. The Morgan fingerprint density at radius 2 is 1.88 bits per heavy atom. The minimum atomic E-state index is -0.0413. The van der Waals surface area contributed by atoms with Crippen molar-refractivity contribution in [3.8, 4) is 0 Å². The van der Waals surface area contributed by atoms with Gasteiger partial charge in [-0.1, -0.05) is 36.4 Å². The first kappa shape index (κ1) is 20.5. The summed E-state index contributed by atoms with van der Waals surface area (Å²) in [6, 6.07) is 10.5. The molecule has 0 radical (unpaired) electrons. The normalized spacial score (nSPS) is 14.5. The lowest BCUT2D eigenvalue weighted by Gasteiger charge is -2.29. The van der Waals surface area contributed by atoms with E-state index in [1.165, 1.54) is 11.1 Å². The van der Waals surface area contributed by atoms with Gasteiger partial charge in [0.15, 0.2) is 5.96 Å². The summed E-state index contributed by atoms with van der Waals surface area (Å²) in [6.45, 7) is 7.26. The maximum Gasteiger partial charge on any atom is 0.241 e. The summed E-state index contributed by atoms with van der Waals surface area (Å²) in [4.78, 5) is 18.2. The zero-order valence-electron chi connectivity index (χ0n) is 14.4. The monoisotopic (exact) mass is 442 g/mol. The van der Waals surface area contributed by atoms with Crippen molar-refractivity contribution in [3.05, 3.63) is 42.0 Å². The Labute approximate surface area is 161 Å². The molecule has 2 rings (SSSR count). The van der Waals surface area contributed by atoms with Gasteiger partial charge in [0.25, 0.3) is 0 Å². The second-order valence-electron chi connectivity index (χ2n) is 5.42. The van der Waals surface area contributed by atoms with Crippen LogP contribution >= 0.6 is 24.0 Å². The molecule has 0 aliphatic carbocycles. The van der Waals surface area contributed by atoms with Gasteiger partial charge < -0.3 is 15.5 Å². The fraction of sp³-hybridized carbons (Fsp3) is 0.444. The number of guanidine groups is 1. The van der Waals surface area contributed by atoms with Gasteiger partial charge in [-0.25, -0.2) is 4.99 Å². The molecule has 1 amide bonds. The summed E-state index contributed by atoms with van der Waals surface area (Å²) in [5.41, 5.74) is 2.66. The van der Waals surface area contributed by atoms with Crippen LogP contribution in [0.5, 0.6) is 0 Å². The first-order chi connectivity index (χ1) is 11.2. The molecule has 24 heavy (non-hydrogen) atoms. The maximum atomic E-state index is 11.6. The molecule has 1 aliphatic heterocycles. The van der Waals surface area contributed by atoms with Crippen LogP contribution in [0, 0.1) is 0 Å². The standard InChI is InChI=1S/C18H26N4O.HI/c1-3-19-17(23)14-21-18(20-4-2)22-12-10-16(11-13-22)15-8-6-5-7-9-15;/h5-10H,3-4,11-14H2,1-2H3,(H,19,23)(H,20,21);1H. The van der Waals surface area contributed by atoms with E-state index in [2.05, 4.69) is 50.9 Å². The first-order valence-electron chi connectivity index (χ1n) is 8.29. The molecular formula is C18H27IN4O. The van der Waals surface area contributed by atoms with Gasteiger partial charge in [0.1, 0.15) is 6.54 Å². The zero-order chi connectivity index (χ0) is 16.5. The quantitative estimate of drug-likeness (QED) is 0.419. The van der Waals surface area contributed by atoms with Gasteiger partial charge >= 0.3 is 0 Å². The van der Waals surface area contributed by atoms with Gasteiger partial charge in [0.2, 0.25) is 5.91 Å². The number of carbonyl (C=O) groups excluding carboxylic acids is 1. The highest BCUT2D eigenvalue weighted by atomic mass is 127. The van der Waals surface area contributed by atoms with Crippen LogP contribution in [-0.4, -0.2) is 49.5 Å². The third-order valence-corrected chi connectivity index (χ3v) is 3.73. The summed E-state index contributed by atoms with van der Waals surface area (Å²) in [7, 11) is 0. The molecule has 1 aliphatic rings. The molecule has 1 aromatic rings. The smallest absolute Gasteiger partial charge is 0.241 e. The van der Waals surface area contributed by atoms with Crippen LogP contribution in [0.15, 0.2) is 41.4 Å². The number of nitrogens with one attached hydrogen (secondary N) is 2. The SMILES string of the molecule is CCNC(=O)CN=C(NCC)N1CC=C(c2ccccc2)CC1.I. The molecule has 5 nitrogen and oxygen atoms in total. The number of aliphatic imine (C=N–C) groups is 1. The van der Waals surface area contributed by atoms with Crippen LogP contribution < -0.4 is 10.6 Å². The molecule has 0 fully saturated rings. The van der Waals surface area contributed by atoms with Crippen molar-refractivity contribution < 1.29 is 4.79 Å². The van der Waals surface area contributed by atoms with Crippen LogP contribution in [-0.2, 0) is 4.79 Å². The van der Waals surface area contributed by atoms with E-state index in [-0.39, 0.29) is 36.4 Å². The van der Waals surface area contributed by atoms with Crippen molar-refractivity contribution >= 4 is 41.4 Å². The average Bonchev–Trinajstić information content (AvgIpc) is 2.60. The Kier molecular flexibility index (Phi) is 9.44. The van der Waals surface area contributed by atoms with E-state index in [4.69, 9.17) is 0 Å². The Hall–Kier alpha value is -1.57. The van der Waals surface area contributed by atoms with Crippen LogP contribution in [0.1, 0.15) is 25.8 Å². The lowest BCUT2D eigenvalue weighted by molar-refractivity contribution is -0.119. The van der Waals surface area contributed by atoms with Gasteiger partial charge in [-0.15, -0.1) is 24.0 Å². The van der Waals surface area contributed by atoms with Crippen LogP contribution in [0.2, 0.25) is 0 Å². The molecule has 0 saturated carbocycles. The molecule has 1 heterocycles. The van der Waals surface area contributed by atoms with E-state index in [0.717, 1.165) is 32.0 Å². The van der Waals surface area contributed by atoms with Gasteiger partial charge in [-0.2, -0.15) is 0 Å². The van der Waals surface area contributed by atoms with E-state index >= 15 is 0 Å². The number of amides is 1. The van der Waals surface area contributed by atoms with Gasteiger partial charge in [0, 0.05) is 26.2 Å². The number of hydrogen-bond donors (Lipinski definition) is 2. The number of benzene rings is 1. The molecule has 0 atom stereocenters. The van der Waals surface area contributed by atoms with E-state index < -0.39 is 0 Å². The van der Waals surface area contributed by atoms with Crippen molar-refractivity contribution in [2.75, 3.05) is 32.7 Å². The van der Waals surface area contributed by atoms with Crippen molar-refractivity contribution in [1.82, 2.24) is 15.5 Å². The van der Waals surface area contributed by atoms with Gasteiger partial charge in [-0.3, -0.25) is 4.79 Å². The maximum absolute atomic E-state index is 11.6. The molecule has 2 N–H and O–H groups in total. The Morgan fingerprint density at radius 1 is 1.17 bits per heavy atom. The minimum absolute atomic E-state index is 0. The summed E-state index contributed by atoms with van der Waals surface area (Å²) in [5, 5.41) is 6.04. The van der Waals surface area contributed by atoms with E-state index in [9.17, 15) is 4.79 Å². The Bertz CT molecular complexity index is 572. The largest absolute Gasteiger partial charge is 0.356 e. The number of rotatable bonds is 5. The van der Waals surface area contributed by atoms with Crippen molar-refractivity contribution in [3.63, 3.8) is 0 Å². The highest BCUT2D eigenvalue weighted by Crippen LogP contribution is 2.21. The van der Waals surface area contributed by atoms with E-state index in [1.807, 2.05) is 19.9 Å². The molecule has 0 bridgehead atoms. The Balaban J connectivity index is 0.00000288. The fourth-order valence-electron chi connectivity index (χ4n) is 2.60. The molecule has 0 saturated heterocycles. The third kappa shape index (κ3) is 6.14. The topological polar surface area (TPSA) is 56.7 Å². The minimum Gasteiger partial charge on any atom is -0.356 e. The van der Waals surface area contributed by atoms with Crippen molar-refractivity contribution in [2.45, 2.75) is 20.3 Å². The third-order valence-electron chi connectivity index (χ3n) is 3.73. The van der Waals surface area contributed by atoms with Gasteiger partial charge in [-0.05, 0) is 31.4 Å². The van der Waals surface area contributed by atoms with Crippen LogP contribution in [0.4, 0.5) is 0 Å². The Morgan fingerprint density at radius 3 is 2.46 bits per heavy atom. The van der Waals surface area contributed by atoms with Crippen LogP contribution in [0.3, 0.4) is 0 Å². The van der Waals surface area contributed by atoms with Crippen molar-refractivity contribution in [2.24, 2.45) is 4.99 Å². The average molecular weight is 442 g/mol. The lowest BCUT2D eigenvalue weighted by atomic mass is 10.00. The highest BCUT2D eigenvalue weighted by molar-refractivity contribution is 14.0. The van der Waals surface area contributed by atoms with Gasteiger partial charge in [0.05, 0.1) is 0 Å². The molecule has 6 heteroatoms. The summed E-state index contributed by atoms with van der Waals surface area (Å²) >= 11 is 0. The number of halogens is 1. The number of carbonyl (C=O) groups is 1. The van der Waals surface area contributed by atoms with Crippen LogP contribution in [0.25, 0.3) is 5.57 Å². The second kappa shape index (κ2) is 11.1. The fourth-order valence-corrected chi connectivity index (χ4v) is 2.60. The predicted octanol–water partition coefficient (Wildman–Crippen LogP) is 2.50. The molecular weight excluding hydrogens is 415 g/mol. The molecule has 0 spiro atoms. The van der Waals surface area contributed by atoms with E-state index in [1.54, 1.807) is 0 Å². The molecule has 0 unspecified atom stereocenters. The summed E-state index contributed by atoms with van der Waals surface area (Å²) < 4.78 is 0. The summed E-state index contributed by atoms with van der Waals surface area (Å²) in [6.07, 6.45) is 3.23. The highest BCUT2D eigenvalue weighted by Gasteiger charge is 2.16. The summed E-state index contributed by atoms with van der Waals surface area (Å²) in [5.74, 6) is 0.766. The predicted molar refractivity (Wildman–Crippen MR) is 111 cm³/mol.